The number of ether oxygens (including phenoxy) is 2. The molecule has 1 aliphatic rings. The lowest BCUT2D eigenvalue weighted by Gasteiger charge is -2.28. The second-order valence-corrected chi connectivity index (χ2v) is 4.90. The summed E-state index contributed by atoms with van der Waals surface area (Å²) in [5.74, 6) is -0.341. The van der Waals surface area contributed by atoms with E-state index in [9.17, 15) is 19.8 Å². The quantitative estimate of drug-likeness (QED) is 0.617. The predicted molar refractivity (Wildman–Crippen MR) is 68.3 cm³/mol. The van der Waals surface area contributed by atoms with Gasteiger partial charge in [0.25, 0.3) is 5.56 Å². The number of hydrogen-bond donors (Lipinski definition) is 3. The number of rotatable bonds is 4. The van der Waals surface area contributed by atoms with E-state index >= 15 is 0 Å². The standard InChI is InChI=1S/C12H18N2O6/c1-7-9(19-2)10(20-12(7,5-15)6-16)14-4-3-8(17)13-11(14)18/h3-4,7,9-10,15-16H,5-6H2,1-2H3,(H,13,17,18)/t7-,9+,10+/m0/s1. The summed E-state index contributed by atoms with van der Waals surface area (Å²) in [5.41, 5.74) is -2.34. The number of aromatic nitrogens is 2. The molecule has 0 spiro atoms. The fourth-order valence-electron chi connectivity index (χ4n) is 2.54. The molecule has 1 aromatic rings. The fraction of sp³-hybridized carbons (Fsp3) is 0.667. The van der Waals surface area contributed by atoms with Crippen LogP contribution < -0.4 is 11.2 Å². The zero-order valence-electron chi connectivity index (χ0n) is 11.3. The van der Waals surface area contributed by atoms with Crippen LogP contribution in [0.2, 0.25) is 0 Å². The minimum Gasteiger partial charge on any atom is -0.393 e. The Morgan fingerprint density at radius 3 is 2.60 bits per heavy atom. The molecule has 0 saturated carbocycles. The van der Waals surface area contributed by atoms with Crippen LogP contribution in [-0.2, 0) is 9.47 Å². The number of aliphatic hydroxyl groups excluding tert-OH is 2. The number of nitrogens with zero attached hydrogens (tertiary/aromatic N) is 1. The lowest BCUT2D eigenvalue weighted by atomic mass is 9.88. The van der Waals surface area contributed by atoms with Gasteiger partial charge < -0.3 is 19.7 Å². The molecule has 3 N–H and O–H groups in total. The molecule has 112 valence electrons. The van der Waals surface area contributed by atoms with Crippen LogP contribution in [0.25, 0.3) is 0 Å². The summed E-state index contributed by atoms with van der Waals surface area (Å²) in [5, 5.41) is 19.0. The van der Waals surface area contributed by atoms with Gasteiger partial charge in [-0.05, 0) is 0 Å². The van der Waals surface area contributed by atoms with E-state index < -0.39 is 42.4 Å². The van der Waals surface area contributed by atoms with Crippen molar-refractivity contribution >= 4 is 0 Å². The maximum Gasteiger partial charge on any atom is 0.330 e. The minimum atomic E-state index is -1.19. The smallest absolute Gasteiger partial charge is 0.330 e. The molecule has 1 saturated heterocycles. The number of aromatic amines is 1. The number of methoxy groups -OCH3 is 1. The van der Waals surface area contributed by atoms with E-state index in [-0.39, 0.29) is 5.92 Å². The second-order valence-electron chi connectivity index (χ2n) is 4.90. The monoisotopic (exact) mass is 286 g/mol. The summed E-state index contributed by atoms with van der Waals surface area (Å²) in [6.07, 6.45) is -0.0772. The average molecular weight is 286 g/mol. The van der Waals surface area contributed by atoms with E-state index in [0.29, 0.717) is 0 Å². The maximum atomic E-state index is 11.8. The lowest BCUT2D eigenvalue weighted by Crippen LogP contribution is -2.44. The van der Waals surface area contributed by atoms with Gasteiger partial charge >= 0.3 is 5.69 Å². The van der Waals surface area contributed by atoms with Crippen LogP contribution in [0.4, 0.5) is 0 Å². The second kappa shape index (κ2) is 5.49. The van der Waals surface area contributed by atoms with Gasteiger partial charge in [0.2, 0.25) is 0 Å². The van der Waals surface area contributed by atoms with Crippen LogP contribution in [-0.4, -0.2) is 51.8 Å². The average Bonchev–Trinajstić information content (AvgIpc) is 2.71. The molecule has 1 aliphatic heterocycles. The van der Waals surface area contributed by atoms with Crippen LogP contribution in [0.3, 0.4) is 0 Å². The Kier molecular flexibility index (Phi) is 4.09. The highest BCUT2D eigenvalue weighted by atomic mass is 16.6. The van der Waals surface area contributed by atoms with Crippen molar-refractivity contribution < 1.29 is 19.7 Å². The summed E-state index contributed by atoms with van der Waals surface area (Å²) in [4.78, 5) is 25.1. The van der Waals surface area contributed by atoms with Gasteiger partial charge in [0.1, 0.15) is 11.7 Å². The Balaban J connectivity index is 2.46. The third-order valence-electron chi connectivity index (χ3n) is 3.89. The zero-order chi connectivity index (χ0) is 14.9. The SMILES string of the molecule is CO[C@H]1[C@H](n2ccc(=O)[nH]c2=O)OC(CO)(CO)[C@H]1C. The number of H-pyrrole nitrogens is 1. The molecular weight excluding hydrogens is 268 g/mol. The highest BCUT2D eigenvalue weighted by Gasteiger charge is 2.53. The number of aliphatic hydroxyl groups is 2. The highest BCUT2D eigenvalue weighted by Crippen LogP contribution is 2.41. The molecule has 0 amide bonds. The minimum absolute atomic E-state index is 0.341. The molecule has 1 fully saturated rings. The largest absolute Gasteiger partial charge is 0.393 e. The van der Waals surface area contributed by atoms with E-state index in [1.807, 2.05) is 0 Å². The van der Waals surface area contributed by atoms with Crippen molar-refractivity contribution in [1.82, 2.24) is 9.55 Å². The van der Waals surface area contributed by atoms with Crippen molar-refractivity contribution in [3.05, 3.63) is 33.1 Å². The normalized spacial score (nSPS) is 28.7. The van der Waals surface area contributed by atoms with Crippen LogP contribution >= 0.6 is 0 Å². The Hall–Kier alpha value is -1.48. The van der Waals surface area contributed by atoms with Crippen LogP contribution in [0, 0.1) is 5.92 Å². The molecule has 0 aliphatic carbocycles. The van der Waals surface area contributed by atoms with E-state index in [2.05, 4.69) is 4.98 Å². The van der Waals surface area contributed by atoms with Gasteiger partial charge in [0.15, 0.2) is 6.23 Å². The molecule has 0 bridgehead atoms. The number of nitrogens with one attached hydrogen (secondary N) is 1. The highest BCUT2D eigenvalue weighted by molar-refractivity contribution is 5.00. The predicted octanol–water partition coefficient (Wildman–Crippen LogP) is -1.56. The van der Waals surface area contributed by atoms with Gasteiger partial charge in [0.05, 0.1) is 13.2 Å². The first-order valence-corrected chi connectivity index (χ1v) is 6.23. The van der Waals surface area contributed by atoms with Crippen LogP contribution in [0.15, 0.2) is 21.9 Å². The molecule has 0 unspecified atom stereocenters. The van der Waals surface area contributed by atoms with Gasteiger partial charge in [-0.2, -0.15) is 0 Å². The zero-order valence-corrected chi connectivity index (χ0v) is 11.3. The van der Waals surface area contributed by atoms with Gasteiger partial charge in [-0.25, -0.2) is 4.79 Å². The molecule has 1 aromatic heterocycles. The van der Waals surface area contributed by atoms with Gasteiger partial charge in [-0.15, -0.1) is 0 Å². The number of hydrogen-bond acceptors (Lipinski definition) is 6. The summed E-state index contributed by atoms with van der Waals surface area (Å²) < 4.78 is 12.2. The first-order valence-electron chi connectivity index (χ1n) is 6.23. The molecule has 2 heterocycles. The van der Waals surface area contributed by atoms with Crippen molar-refractivity contribution in [2.45, 2.75) is 24.9 Å². The van der Waals surface area contributed by atoms with Crippen LogP contribution in [0.5, 0.6) is 0 Å². The van der Waals surface area contributed by atoms with Crippen molar-refractivity contribution in [3.8, 4) is 0 Å². The summed E-state index contributed by atoms with van der Waals surface area (Å²) in [6.45, 7) is 0.954. The molecule has 20 heavy (non-hydrogen) atoms. The van der Waals surface area contributed by atoms with E-state index in [1.54, 1.807) is 6.92 Å². The molecule has 0 radical (unpaired) electrons. The van der Waals surface area contributed by atoms with E-state index in [1.165, 1.54) is 23.9 Å². The van der Waals surface area contributed by atoms with Crippen molar-refractivity contribution in [2.24, 2.45) is 5.92 Å². The first-order chi connectivity index (χ1) is 9.49. The summed E-state index contributed by atoms with van der Waals surface area (Å²) in [7, 11) is 1.46. The van der Waals surface area contributed by atoms with Crippen LogP contribution in [0.1, 0.15) is 13.2 Å². The molecule has 3 atom stereocenters. The Bertz CT molecular complexity index is 576. The summed E-state index contributed by atoms with van der Waals surface area (Å²) in [6, 6.07) is 1.19. The Labute approximate surface area is 114 Å². The Morgan fingerprint density at radius 2 is 2.10 bits per heavy atom. The molecular formula is C12H18N2O6. The molecule has 0 aromatic carbocycles. The summed E-state index contributed by atoms with van der Waals surface area (Å²) >= 11 is 0. The molecule has 2 rings (SSSR count). The van der Waals surface area contributed by atoms with E-state index in [4.69, 9.17) is 9.47 Å². The third-order valence-corrected chi connectivity index (χ3v) is 3.89. The topological polar surface area (TPSA) is 114 Å². The molecule has 8 heteroatoms. The maximum absolute atomic E-state index is 11.8. The fourth-order valence-corrected chi connectivity index (χ4v) is 2.54. The van der Waals surface area contributed by atoms with Gasteiger partial charge in [0, 0.05) is 25.3 Å². The Morgan fingerprint density at radius 1 is 1.45 bits per heavy atom. The van der Waals surface area contributed by atoms with Crippen molar-refractivity contribution in [1.29, 1.82) is 0 Å². The third kappa shape index (κ3) is 2.20. The van der Waals surface area contributed by atoms with Gasteiger partial charge in [-0.1, -0.05) is 6.92 Å². The first kappa shape index (κ1) is 14.9. The van der Waals surface area contributed by atoms with E-state index in [0.717, 1.165) is 0 Å². The van der Waals surface area contributed by atoms with Gasteiger partial charge in [-0.3, -0.25) is 14.3 Å². The van der Waals surface area contributed by atoms with Crippen molar-refractivity contribution in [2.75, 3.05) is 20.3 Å². The molecule has 8 nitrogen and oxygen atoms in total. The lowest BCUT2D eigenvalue weighted by molar-refractivity contribution is -0.138. The van der Waals surface area contributed by atoms with Crippen molar-refractivity contribution in [3.63, 3.8) is 0 Å².